The number of para-hydroxylation sites is 1. The number of sulfonamides is 1. The van der Waals surface area contributed by atoms with E-state index in [1.807, 2.05) is 32.9 Å². The summed E-state index contributed by atoms with van der Waals surface area (Å²) in [6.07, 6.45) is 2.49. The number of hydrogen-bond donors (Lipinski definition) is 2. The lowest BCUT2D eigenvalue weighted by atomic mass is 10.1. The van der Waals surface area contributed by atoms with E-state index in [1.165, 1.54) is 4.31 Å². The lowest BCUT2D eigenvalue weighted by molar-refractivity contribution is -0.116. The molecule has 2 N–H and O–H groups in total. The smallest absolute Gasteiger partial charge is 0.253 e. The van der Waals surface area contributed by atoms with Gasteiger partial charge in [0.15, 0.2) is 0 Å². The number of rotatable bonds is 10. The fourth-order valence-corrected chi connectivity index (χ4v) is 4.08. The highest BCUT2D eigenvalue weighted by Gasteiger charge is 2.18. The van der Waals surface area contributed by atoms with Crippen LogP contribution in [0.3, 0.4) is 0 Å². The second-order valence-corrected chi connectivity index (χ2v) is 9.59. The molecule has 2 aromatic carbocycles. The molecule has 0 bridgehead atoms. The van der Waals surface area contributed by atoms with Crippen molar-refractivity contribution in [3.63, 3.8) is 0 Å². The molecule has 0 heterocycles. The van der Waals surface area contributed by atoms with Gasteiger partial charge in [-0.2, -0.15) is 0 Å². The zero-order valence-electron chi connectivity index (χ0n) is 18.5. The fourth-order valence-electron chi connectivity index (χ4n) is 3.11. The summed E-state index contributed by atoms with van der Waals surface area (Å²) in [5.41, 5.74) is 2.52. The summed E-state index contributed by atoms with van der Waals surface area (Å²) in [4.78, 5) is 24.8. The van der Waals surface area contributed by atoms with E-state index in [9.17, 15) is 18.0 Å². The molecule has 7 nitrogen and oxygen atoms in total. The minimum absolute atomic E-state index is 0.0235. The SMILES string of the molecule is CCc1ccc(N(CCCC(=O)Nc2ccccc2C(=O)NC(C)C)S(C)(=O)=O)cc1. The maximum atomic E-state index is 12.4. The van der Waals surface area contributed by atoms with E-state index < -0.39 is 10.0 Å². The molecule has 0 radical (unpaired) electrons. The van der Waals surface area contributed by atoms with Crippen LogP contribution in [0.5, 0.6) is 0 Å². The third-order valence-electron chi connectivity index (χ3n) is 4.66. The van der Waals surface area contributed by atoms with Crippen molar-refractivity contribution in [1.82, 2.24) is 5.32 Å². The van der Waals surface area contributed by atoms with Crippen LogP contribution in [0.25, 0.3) is 0 Å². The summed E-state index contributed by atoms with van der Waals surface area (Å²) in [6.45, 7) is 5.95. The second-order valence-electron chi connectivity index (χ2n) is 7.68. The van der Waals surface area contributed by atoms with Crippen LogP contribution in [0.1, 0.15) is 49.5 Å². The van der Waals surface area contributed by atoms with Crippen molar-refractivity contribution in [2.24, 2.45) is 0 Å². The van der Waals surface area contributed by atoms with Gasteiger partial charge in [-0.05, 0) is 56.5 Å². The molecular formula is C23H31N3O4S. The Kier molecular flexibility index (Phi) is 8.62. The Balaban J connectivity index is 2.01. The van der Waals surface area contributed by atoms with Gasteiger partial charge in [-0.25, -0.2) is 8.42 Å². The van der Waals surface area contributed by atoms with Crippen LogP contribution < -0.4 is 14.9 Å². The molecular weight excluding hydrogens is 414 g/mol. The summed E-state index contributed by atoms with van der Waals surface area (Å²) in [6, 6.07) is 14.1. The molecule has 0 aliphatic carbocycles. The third-order valence-corrected chi connectivity index (χ3v) is 5.86. The Morgan fingerprint density at radius 2 is 1.68 bits per heavy atom. The molecule has 0 saturated heterocycles. The van der Waals surface area contributed by atoms with Crippen LogP contribution in [0.15, 0.2) is 48.5 Å². The Morgan fingerprint density at radius 3 is 2.26 bits per heavy atom. The van der Waals surface area contributed by atoms with Crippen LogP contribution in [0, 0.1) is 0 Å². The first kappa shape index (κ1) is 24.4. The normalized spacial score (nSPS) is 11.3. The predicted molar refractivity (Wildman–Crippen MR) is 125 cm³/mol. The average molecular weight is 446 g/mol. The number of hydrogen-bond acceptors (Lipinski definition) is 4. The van der Waals surface area contributed by atoms with E-state index in [1.54, 1.807) is 36.4 Å². The zero-order chi connectivity index (χ0) is 23.0. The summed E-state index contributed by atoms with van der Waals surface area (Å²) < 4.78 is 25.8. The summed E-state index contributed by atoms with van der Waals surface area (Å²) in [7, 11) is -3.48. The van der Waals surface area contributed by atoms with Gasteiger partial charge in [-0.3, -0.25) is 13.9 Å². The number of aryl methyl sites for hydroxylation is 1. The number of anilines is 2. The minimum Gasteiger partial charge on any atom is -0.350 e. The summed E-state index contributed by atoms with van der Waals surface area (Å²) in [5, 5.41) is 5.57. The Morgan fingerprint density at radius 1 is 1.03 bits per heavy atom. The van der Waals surface area contributed by atoms with Gasteiger partial charge in [0, 0.05) is 19.0 Å². The van der Waals surface area contributed by atoms with Crippen molar-refractivity contribution in [1.29, 1.82) is 0 Å². The van der Waals surface area contributed by atoms with Crippen molar-refractivity contribution in [3.8, 4) is 0 Å². The molecule has 0 aliphatic rings. The van der Waals surface area contributed by atoms with Gasteiger partial charge in [-0.1, -0.05) is 31.2 Å². The number of nitrogens with zero attached hydrogens (tertiary/aromatic N) is 1. The van der Waals surface area contributed by atoms with Gasteiger partial charge < -0.3 is 10.6 Å². The van der Waals surface area contributed by atoms with Crippen molar-refractivity contribution in [2.75, 3.05) is 22.4 Å². The molecule has 0 spiro atoms. The average Bonchev–Trinajstić information content (AvgIpc) is 2.70. The lowest BCUT2D eigenvalue weighted by Gasteiger charge is -2.22. The van der Waals surface area contributed by atoms with Gasteiger partial charge in [-0.15, -0.1) is 0 Å². The Hall–Kier alpha value is -2.87. The molecule has 2 aromatic rings. The lowest BCUT2D eigenvalue weighted by Crippen LogP contribution is -2.32. The number of benzene rings is 2. The van der Waals surface area contributed by atoms with E-state index in [0.717, 1.165) is 18.2 Å². The Bertz CT molecular complexity index is 1000. The van der Waals surface area contributed by atoms with E-state index in [2.05, 4.69) is 10.6 Å². The van der Waals surface area contributed by atoms with Crippen molar-refractivity contribution < 1.29 is 18.0 Å². The third kappa shape index (κ3) is 7.40. The molecule has 8 heteroatoms. The monoisotopic (exact) mass is 445 g/mol. The second kappa shape index (κ2) is 10.9. The first-order valence-corrected chi connectivity index (χ1v) is 12.2. The maximum absolute atomic E-state index is 12.4. The molecule has 168 valence electrons. The molecule has 0 fully saturated rings. The molecule has 0 unspecified atom stereocenters. The van der Waals surface area contributed by atoms with Crippen LogP contribution in [-0.4, -0.2) is 39.1 Å². The zero-order valence-corrected chi connectivity index (χ0v) is 19.3. The van der Waals surface area contributed by atoms with E-state index >= 15 is 0 Å². The van der Waals surface area contributed by atoms with Gasteiger partial charge in [0.05, 0.1) is 23.2 Å². The fraction of sp³-hybridized carbons (Fsp3) is 0.391. The van der Waals surface area contributed by atoms with Crippen LogP contribution in [0.4, 0.5) is 11.4 Å². The van der Waals surface area contributed by atoms with Gasteiger partial charge in [0.2, 0.25) is 15.9 Å². The summed E-state index contributed by atoms with van der Waals surface area (Å²) in [5.74, 6) is -0.538. The van der Waals surface area contributed by atoms with E-state index in [4.69, 9.17) is 0 Å². The van der Waals surface area contributed by atoms with E-state index in [0.29, 0.717) is 23.4 Å². The van der Waals surface area contributed by atoms with Gasteiger partial charge >= 0.3 is 0 Å². The van der Waals surface area contributed by atoms with Crippen molar-refractivity contribution >= 4 is 33.2 Å². The van der Waals surface area contributed by atoms with Crippen molar-refractivity contribution in [2.45, 2.75) is 46.1 Å². The largest absolute Gasteiger partial charge is 0.350 e. The first-order chi connectivity index (χ1) is 14.6. The predicted octanol–water partition coefficient (Wildman–Crippen LogP) is 3.57. The number of carbonyl (C=O) groups is 2. The van der Waals surface area contributed by atoms with Crippen molar-refractivity contribution in [3.05, 3.63) is 59.7 Å². The highest BCUT2D eigenvalue weighted by atomic mass is 32.2. The number of nitrogens with one attached hydrogen (secondary N) is 2. The van der Waals surface area contributed by atoms with E-state index in [-0.39, 0.29) is 30.8 Å². The molecule has 2 rings (SSSR count). The Labute approximate surface area is 184 Å². The first-order valence-electron chi connectivity index (χ1n) is 10.4. The van der Waals surface area contributed by atoms with Crippen LogP contribution in [-0.2, 0) is 21.2 Å². The summed E-state index contributed by atoms with van der Waals surface area (Å²) >= 11 is 0. The quantitative estimate of drug-likeness (QED) is 0.584. The standard InChI is InChI=1S/C23H31N3O4S/c1-5-18-12-14-19(15-13-18)26(31(4,29)30)16-8-11-22(27)25-21-10-7-6-9-20(21)23(28)24-17(2)3/h6-7,9-10,12-15,17H,5,8,11,16H2,1-4H3,(H,24,28)(H,25,27). The van der Waals surface area contributed by atoms with Crippen LogP contribution in [0.2, 0.25) is 0 Å². The van der Waals surface area contributed by atoms with Gasteiger partial charge in [0.25, 0.3) is 5.91 Å². The highest BCUT2D eigenvalue weighted by molar-refractivity contribution is 7.92. The molecule has 0 aromatic heterocycles. The maximum Gasteiger partial charge on any atom is 0.253 e. The molecule has 0 saturated carbocycles. The van der Waals surface area contributed by atoms with Gasteiger partial charge in [0.1, 0.15) is 0 Å². The van der Waals surface area contributed by atoms with Crippen LogP contribution >= 0.6 is 0 Å². The molecule has 2 amide bonds. The molecule has 0 aliphatic heterocycles. The molecule has 0 atom stereocenters. The number of amides is 2. The minimum atomic E-state index is -3.48. The number of carbonyl (C=O) groups excluding carboxylic acids is 2. The highest BCUT2D eigenvalue weighted by Crippen LogP contribution is 2.20. The molecule has 31 heavy (non-hydrogen) atoms. The topological polar surface area (TPSA) is 95.6 Å².